The van der Waals surface area contributed by atoms with E-state index in [2.05, 4.69) is 0 Å². The van der Waals surface area contributed by atoms with E-state index >= 15 is 0 Å². The molecule has 4 nitrogen and oxygen atoms in total. The summed E-state index contributed by atoms with van der Waals surface area (Å²) in [4.78, 5) is 9.63. The van der Waals surface area contributed by atoms with Crippen molar-refractivity contribution in [3.8, 4) is 5.75 Å². The van der Waals surface area contributed by atoms with Crippen LogP contribution in [-0.4, -0.2) is 26.9 Å². The van der Waals surface area contributed by atoms with Gasteiger partial charge >= 0.3 is 71.0 Å². The normalized spacial score (nSPS) is 9.55. The number of phenolic OH excluding ortho intramolecular Hbond substituents is 1. The summed E-state index contributed by atoms with van der Waals surface area (Å²) in [6.07, 6.45) is 0. The molecule has 0 amide bonds. The first kappa shape index (κ1) is 8.08. The van der Waals surface area contributed by atoms with Gasteiger partial charge in [-0.15, -0.1) is 0 Å². The van der Waals surface area contributed by atoms with Crippen LogP contribution in [0.4, 0.5) is 5.69 Å². The third-order valence-corrected chi connectivity index (χ3v) is 1.95. The molecule has 0 aliphatic heterocycles. The molecule has 1 rings (SSSR count). The minimum atomic E-state index is -0.599. The molecule has 0 heterocycles. The molecular formula is C6H6AsNO3. The van der Waals surface area contributed by atoms with Gasteiger partial charge in [0.15, 0.2) is 0 Å². The van der Waals surface area contributed by atoms with Crippen LogP contribution in [0.15, 0.2) is 18.2 Å². The van der Waals surface area contributed by atoms with E-state index in [4.69, 9.17) is 5.11 Å². The van der Waals surface area contributed by atoms with Gasteiger partial charge in [0.1, 0.15) is 0 Å². The molecule has 1 N–H and O–H groups in total. The van der Waals surface area contributed by atoms with E-state index in [1.165, 1.54) is 29.0 Å². The van der Waals surface area contributed by atoms with Crippen molar-refractivity contribution in [2.45, 2.75) is 0 Å². The second-order valence-electron chi connectivity index (χ2n) is 2.01. The van der Waals surface area contributed by atoms with E-state index in [1.54, 1.807) is 6.07 Å². The molecule has 1 aromatic rings. The van der Waals surface area contributed by atoms with Gasteiger partial charge in [-0.2, -0.15) is 0 Å². The van der Waals surface area contributed by atoms with E-state index in [0.29, 0.717) is 0 Å². The third-order valence-electron chi connectivity index (χ3n) is 1.20. The number of nitro groups is 1. The van der Waals surface area contributed by atoms with E-state index < -0.39 is 4.92 Å². The van der Waals surface area contributed by atoms with Gasteiger partial charge in [-0.1, -0.05) is 0 Å². The number of rotatable bonds is 1. The predicted molar refractivity (Wildman–Crippen MR) is 42.9 cm³/mol. The zero-order valence-electron chi connectivity index (χ0n) is 5.52. The topological polar surface area (TPSA) is 63.4 Å². The van der Waals surface area contributed by atoms with E-state index in [1.807, 2.05) is 0 Å². The molecule has 5 heteroatoms. The first-order valence-corrected chi connectivity index (χ1v) is 4.05. The fourth-order valence-electron chi connectivity index (χ4n) is 0.687. The van der Waals surface area contributed by atoms with Crippen LogP contribution in [-0.2, 0) is 0 Å². The average Bonchev–Trinajstić information content (AvgIpc) is 1.94. The monoisotopic (exact) mass is 215 g/mol. The van der Waals surface area contributed by atoms with Gasteiger partial charge < -0.3 is 0 Å². The predicted octanol–water partition coefficient (Wildman–Crippen LogP) is -0.441. The summed E-state index contributed by atoms with van der Waals surface area (Å²) in [5.41, 5.74) is -0.230. The van der Waals surface area contributed by atoms with Crippen molar-refractivity contribution in [3.63, 3.8) is 0 Å². The van der Waals surface area contributed by atoms with Crippen molar-refractivity contribution in [2.24, 2.45) is 0 Å². The quantitative estimate of drug-likeness (QED) is 0.392. The summed E-state index contributed by atoms with van der Waals surface area (Å²) >= 11 is 1.29. The fourth-order valence-corrected chi connectivity index (χ4v) is 1.22. The Balaban J connectivity index is 3.23. The van der Waals surface area contributed by atoms with Crippen LogP contribution in [0.1, 0.15) is 0 Å². The van der Waals surface area contributed by atoms with E-state index in [-0.39, 0.29) is 11.4 Å². The van der Waals surface area contributed by atoms with Crippen LogP contribution in [0, 0.1) is 10.1 Å². The first-order valence-electron chi connectivity index (χ1n) is 2.84. The average molecular weight is 215 g/mol. The molecule has 11 heavy (non-hydrogen) atoms. The first-order chi connectivity index (χ1) is 5.11. The molecular weight excluding hydrogens is 209 g/mol. The molecule has 0 aliphatic rings. The maximum atomic E-state index is 10.2. The molecule has 0 aromatic heterocycles. The summed E-state index contributed by atoms with van der Waals surface area (Å²) in [7, 11) is 0. The SMILES string of the molecule is O=[N+]([O-])c1cc([AsH2])ccc1O. The standard InChI is InChI=1S/C6H6AsNO3/c7-4-1-2-6(9)5(3-4)8(10)11/h1-3,9H,7H2. The van der Waals surface area contributed by atoms with Crippen LogP contribution < -0.4 is 4.35 Å². The van der Waals surface area contributed by atoms with Gasteiger partial charge in [-0.05, 0) is 0 Å². The van der Waals surface area contributed by atoms with Gasteiger partial charge in [0.25, 0.3) is 0 Å². The Morgan fingerprint density at radius 3 is 2.64 bits per heavy atom. The minimum absolute atomic E-state index is 0.230. The van der Waals surface area contributed by atoms with E-state index in [0.717, 1.165) is 4.35 Å². The fraction of sp³-hybridized carbons (Fsp3) is 0. The Kier molecular flexibility index (Phi) is 2.15. The molecule has 0 fully saturated rings. The molecule has 0 radical (unpaired) electrons. The van der Waals surface area contributed by atoms with Crippen LogP contribution in [0.2, 0.25) is 0 Å². The second kappa shape index (κ2) is 2.92. The number of benzene rings is 1. The number of phenols is 1. The molecule has 0 saturated carbocycles. The van der Waals surface area contributed by atoms with Gasteiger partial charge in [0, 0.05) is 0 Å². The van der Waals surface area contributed by atoms with Crippen molar-refractivity contribution in [1.82, 2.24) is 0 Å². The molecule has 58 valence electrons. The zero-order valence-corrected chi connectivity index (χ0v) is 7.94. The summed E-state index contributed by atoms with van der Waals surface area (Å²) < 4.78 is 0.821. The Labute approximate surface area is 71.5 Å². The number of hydrogen-bond donors (Lipinski definition) is 1. The number of hydrogen-bond acceptors (Lipinski definition) is 3. The Morgan fingerprint density at radius 2 is 2.18 bits per heavy atom. The number of nitrogens with zero attached hydrogens (tertiary/aromatic N) is 1. The summed E-state index contributed by atoms with van der Waals surface area (Å²) in [5.74, 6) is -0.281. The van der Waals surface area contributed by atoms with Crippen LogP contribution in [0.25, 0.3) is 0 Å². The maximum absolute atomic E-state index is 10.2. The summed E-state index contributed by atoms with van der Waals surface area (Å²) in [6, 6.07) is 4.33. The van der Waals surface area contributed by atoms with Crippen LogP contribution >= 0.6 is 0 Å². The van der Waals surface area contributed by atoms with Crippen molar-refractivity contribution in [2.75, 3.05) is 0 Å². The molecule has 0 bridgehead atoms. The summed E-state index contributed by atoms with van der Waals surface area (Å²) in [5, 5.41) is 19.2. The zero-order chi connectivity index (χ0) is 8.43. The molecule has 0 saturated heterocycles. The van der Waals surface area contributed by atoms with Gasteiger partial charge in [0.2, 0.25) is 0 Å². The van der Waals surface area contributed by atoms with Gasteiger partial charge in [-0.3, -0.25) is 0 Å². The van der Waals surface area contributed by atoms with Crippen molar-refractivity contribution in [3.05, 3.63) is 28.3 Å². The van der Waals surface area contributed by atoms with Gasteiger partial charge in [0.05, 0.1) is 0 Å². The van der Waals surface area contributed by atoms with Crippen LogP contribution in [0.3, 0.4) is 0 Å². The molecule has 1 unspecified atom stereocenters. The van der Waals surface area contributed by atoms with Crippen molar-refractivity contribution >= 4 is 26.9 Å². The molecule has 0 spiro atoms. The Hall–Kier alpha value is -1.02. The number of aromatic hydroxyl groups is 1. The van der Waals surface area contributed by atoms with Crippen molar-refractivity contribution < 1.29 is 10.0 Å². The summed E-state index contributed by atoms with van der Waals surface area (Å²) in [6.45, 7) is 0. The Bertz CT molecular complexity index is 300. The van der Waals surface area contributed by atoms with Gasteiger partial charge in [-0.25, -0.2) is 0 Å². The molecule has 1 aromatic carbocycles. The Morgan fingerprint density at radius 1 is 1.55 bits per heavy atom. The second-order valence-corrected chi connectivity index (χ2v) is 3.40. The molecule has 0 aliphatic carbocycles. The molecule has 1 atom stereocenters. The number of nitro benzene ring substituents is 1. The van der Waals surface area contributed by atoms with E-state index in [9.17, 15) is 10.1 Å². The third kappa shape index (κ3) is 1.71. The van der Waals surface area contributed by atoms with Crippen molar-refractivity contribution in [1.29, 1.82) is 0 Å². The van der Waals surface area contributed by atoms with Crippen LogP contribution in [0.5, 0.6) is 5.75 Å².